The molecule has 0 aliphatic carbocycles. The zero-order chi connectivity index (χ0) is 15.3. The van der Waals surface area contributed by atoms with Crippen LogP contribution in [-0.2, 0) is 9.84 Å². The summed E-state index contributed by atoms with van der Waals surface area (Å²) < 4.78 is 36.8. The first kappa shape index (κ1) is 15.4. The molecule has 0 saturated heterocycles. The Hall–Kier alpha value is -2.01. The van der Waals surface area contributed by atoms with E-state index in [9.17, 15) is 17.6 Å². The number of sulfone groups is 1. The summed E-state index contributed by atoms with van der Waals surface area (Å²) in [6.45, 7) is 0. The van der Waals surface area contributed by atoms with Crippen LogP contribution >= 0.6 is 0 Å². The lowest BCUT2D eigenvalue weighted by molar-refractivity contribution is 0.0982. The fraction of sp³-hybridized carbons (Fsp3) is 0.188. The fourth-order valence-electron chi connectivity index (χ4n) is 1.95. The Morgan fingerprint density at radius 2 is 1.57 bits per heavy atom. The predicted octanol–water partition coefficient (Wildman–Crippen LogP) is 3.26. The average Bonchev–Trinajstić information content (AvgIpc) is 2.48. The second-order valence-corrected chi connectivity index (χ2v) is 6.77. The van der Waals surface area contributed by atoms with E-state index in [-0.39, 0.29) is 29.3 Å². The highest BCUT2D eigenvalue weighted by Crippen LogP contribution is 2.14. The van der Waals surface area contributed by atoms with Gasteiger partial charge < -0.3 is 0 Å². The van der Waals surface area contributed by atoms with Gasteiger partial charge >= 0.3 is 0 Å². The average molecular weight is 306 g/mol. The van der Waals surface area contributed by atoms with Gasteiger partial charge in [-0.3, -0.25) is 4.79 Å². The topological polar surface area (TPSA) is 51.2 Å². The van der Waals surface area contributed by atoms with Crippen molar-refractivity contribution in [1.29, 1.82) is 0 Å². The van der Waals surface area contributed by atoms with Crippen LogP contribution in [0.4, 0.5) is 4.39 Å². The van der Waals surface area contributed by atoms with Crippen LogP contribution in [0.2, 0.25) is 0 Å². The number of Topliss-reactive ketones (excluding diaryl/α,β-unsaturated/α-hetero) is 1. The minimum atomic E-state index is -3.47. The molecule has 0 saturated carbocycles. The van der Waals surface area contributed by atoms with E-state index in [1.165, 1.54) is 12.1 Å². The number of hydrogen-bond donors (Lipinski definition) is 0. The van der Waals surface area contributed by atoms with E-state index in [0.717, 1.165) is 12.1 Å². The number of benzene rings is 2. The molecule has 0 fully saturated rings. The van der Waals surface area contributed by atoms with Gasteiger partial charge in [0.25, 0.3) is 0 Å². The van der Waals surface area contributed by atoms with Crippen LogP contribution in [0.3, 0.4) is 0 Å². The molecule has 0 unspecified atom stereocenters. The molecule has 2 rings (SSSR count). The lowest BCUT2D eigenvalue weighted by Gasteiger charge is -2.04. The summed E-state index contributed by atoms with van der Waals surface area (Å²) >= 11 is 0. The van der Waals surface area contributed by atoms with Gasteiger partial charge in [-0.05, 0) is 30.7 Å². The third kappa shape index (κ3) is 4.23. The number of halogens is 1. The first-order valence-corrected chi connectivity index (χ1v) is 8.21. The molecule has 3 nitrogen and oxygen atoms in total. The molecule has 5 heteroatoms. The number of ketones is 1. The summed E-state index contributed by atoms with van der Waals surface area (Å²) in [6.07, 6.45) is 0.415. The van der Waals surface area contributed by atoms with E-state index in [1.807, 2.05) is 6.07 Å². The highest BCUT2D eigenvalue weighted by Gasteiger charge is 2.15. The van der Waals surface area contributed by atoms with Crippen LogP contribution in [0.5, 0.6) is 0 Å². The minimum absolute atomic E-state index is 0.0788. The SMILES string of the molecule is O=C(CCCS(=O)(=O)c1ccc(F)cc1)c1ccccc1. The van der Waals surface area contributed by atoms with E-state index in [0.29, 0.717) is 5.56 Å². The highest BCUT2D eigenvalue weighted by molar-refractivity contribution is 7.91. The first-order chi connectivity index (χ1) is 9.99. The van der Waals surface area contributed by atoms with Gasteiger partial charge in [0.15, 0.2) is 15.6 Å². The molecule has 21 heavy (non-hydrogen) atoms. The molecular weight excluding hydrogens is 291 g/mol. The van der Waals surface area contributed by atoms with Crippen molar-refractivity contribution in [2.75, 3.05) is 5.75 Å². The summed E-state index contributed by atoms with van der Waals surface area (Å²) in [5, 5.41) is 0. The molecule has 0 atom stereocenters. The smallest absolute Gasteiger partial charge is 0.178 e. The zero-order valence-corrected chi connectivity index (χ0v) is 12.1. The maximum absolute atomic E-state index is 12.8. The van der Waals surface area contributed by atoms with Gasteiger partial charge in [0, 0.05) is 12.0 Å². The molecule has 0 heterocycles. The molecule has 0 spiro atoms. The van der Waals surface area contributed by atoms with Gasteiger partial charge in [-0.1, -0.05) is 30.3 Å². The van der Waals surface area contributed by atoms with Crippen molar-refractivity contribution in [1.82, 2.24) is 0 Å². The Morgan fingerprint density at radius 3 is 2.19 bits per heavy atom. The van der Waals surface area contributed by atoms with Gasteiger partial charge in [0.2, 0.25) is 0 Å². The molecule has 0 aliphatic rings. The van der Waals surface area contributed by atoms with Crippen LogP contribution in [-0.4, -0.2) is 20.0 Å². The summed E-state index contributed by atoms with van der Waals surface area (Å²) in [7, 11) is -3.47. The van der Waals surface area contributed by atoms with Crippen molar-refractivity contribution in [2.45, 2.75) is 17.7 Å². The largest absolute Gasteiger partial charge is 0.294 e. The molecule has 2 aromatic rings. The van der Waals surface area contributed by atoms with Crippen LogP contribution in [0.15, 0.2) is 59.5 Å². The molecular formula is C16H15FO3S. The zero-order valence-electron chi connectivity index (χ0n) is 11.3. The lowest BCUT2D eigenvalue weighted by Crippen LogP contribution is -2.09. The van der Waals surface area contributed by atoms with E-state index in [1.54, 1.807) is 24.3 Å². The highest BCUT2D eigenvalue weighted by atomic mass is 32.2. The number of carbonyl (C=O) groups excluding carboxylic acids is 1. The second kappa shape index (κ2) is 6.63. The molecule has 0 aliphatic heterocycles. The van der Waals surface area contributed by atoms with Crippen molar-refractivity contribution in [3.63, 3.8) is 0 Å². The third-order valence-electron chi connectivity index (χ3n) is 3.09. The fourth-order valence-corrected chi connectivity index (χ4v) is 3.26. The third-order valence-corrected chi connectivity index (χ3v) is 4.90. The quantitative estimate of drug-likeness (QED) is 0.608. The molecule has 0 N–H and O–H groups in total. The molecule has 110 valence electrons. The lowest BCUT2D eigenvalue weighted by atomic mass is 10.1. The number of hydrogen-bond acceptors (Lipinski definition) is 3. The van der Waals surface area contributed by atoms with Crippen molar-refractivity contribution in [3.8, 4) is 0 Å². The summed E-state index contributed by atoms with van der Waals surface area (Å²) in [6, 6.07) is 13.5. The molecule has 0 radical (unpaired) electrons. The first-order valence-electron chi connectivity index (χ1n) is 6.55. The van der Waals surface area contributed by atoms with Crippen LogP contribution in [0.25, 0.3) is 0 Å². The Kier molecular flexibility index (Phi) is 4.85. The minimum Gasteiger partial charge on any atom is -0.294 e. The summed E-state index contributed by atoms with van der Waals surface area (Å²) in [4.78, 5) is 11.9. The van der Waals surface area contributed by atoms with Gasteiger partial charge in [-0.25, -0.2) is 12.8 Å². The molecule has 0 bridgehead atoms. The van der Waals surface area contributed by atoms with Gasteiger partial charge in [-0.2, -0.15) is 0 Å². The van der Waals surface area contributed by atoms with Crippen molar-refractivity contribution < 1.29 is 17.6 Å². The van der Waals surface area contributed by atoms with E-state index in [4.69, 9.17) is 0 Å². The Bertz CT molecular complexity index is 707. The Morgan fingerprint density at radius 1 is 0.952 bits per heavy atom. The van der Waals surface area contributed by atoms with E-state index in [2.05, 4.69) is 0 Å². The normalized spacial score (nSPS) is 11.3. The van der Waals surface area contributed by atoms with Gasteiger partial charge in [0.1, 0.15) is 5.82 Å². The maximum Gasteiger partial charge on any atom is 0.178 e. The van der Waals surface area contributed by atoms with Gasteiger partial charge in [0.05, 0.1) is 10.6 Å². The Balaban J connectivity index is 1.94. The number of carbonyl (C=O) groups is 1. The van der Waals surface area contributed by atoms with Crippen LogP contribution < -0.4 is 0 Å². The molecule has 2 aromatic carbocycles. The van der Waals surface area contributed by atoms with E-state index < -0.39 is 15.7 Å². The van der Waals surface area contributed by atoms with Crippen LogP contribution in [0, 0.1) is 5.82 Å². The monoisotopic (exact) mass is 306 g/mol. The van der Waals surface area contributed by atoms with E-state index >= 15 is 0 Å². The van der Waals surface area contributed by atoms with Crippen molar-refractivity contribution in [3.05, 3.63) is 66.0 Å². The van der Waals surface area contributed by atoms with Crippen molar-refractivity contribution >= 4 is 15.6 Å². The summed E-state index contributed by atoms with van der Waals surface area (Å²) in [5.74, 6) is -0.685. The van der Waals surface area contributed by atoms with Crippen molar-refractivity contribution in [2.24, 2.45) is 0 Å². The number of rotatable bonds is 6. The summed E-state index contributed by atoms with van der Waals surface area (Å²) in [5.41, 5.74) is 0.580. The molecule has 0 amide bonds. The standard InChI is InChI=1S/C16H15FO3S/c17-14-8-10-15(11-9-14)21(19,20)12-4-7-16(18)13-5-2-1-3-6-13/h1-3,5-6,8-11H,4,7,12H2. The predicted molar refractivity (Wildman–Crippen MR) is 78.5 cm³/mol. The van der Waals surface area contributed by atoms with Gasteiger partial charge in [-0.15, -0.1) is 0 Å². The Labute approximate surface area is 123 Å². The maximum atomic E-state index is 12.8. The second-order valence-electron chi connectivity index (χ2n) is 4.67. The van der Waals surface area contributed by atoms with Crippen LogP contribution in [0.1, 0.15) is 23.2 Å². The molecule has 0 aromatic heterocycles.